The summed E-state index contributed by atoms with van der Waals surface area (Å²) in [5.74, 6) is 1.44. The minimum atomic E-state index is -0.329. The zero-order valence-electron chi connectivity index (χ0n) is 15.5. The Balaban J connectivity index is 1.88. The summed E-state index contributed by atoms with van der Waals surface area (Å²) in [6, 6.07) is 5.40. The van der Waals surface area contributed by atoms with Gasteiger partial charge in [0, 0.05) is 24.2 Å². The van der Waals surface area contributed by atoms with Crippen LogP contribution in [-0.4, -0.2) is 19.3 Å². The van der Waals surface area contributed by atoms with Gasteiger partial charge in [0.05, 0.1) is 17.6 Å². The van der Waals surface area contributed by atoms with E-state index in [4.69, 9.17) is 4.52 Å². The molecule has 0 amide bonds. The highest BCUT2D eigenvalue weighted by Crippen LogP contribution is 2.44. The van der Waals surface area contributed by atoms with Gasteiger partial charge in [0.1, 0.15) is 5.65 Å². The van der Waals surface area contributed by atoms with Crippen LogP contribution in [0.25, 0.3) is 11.0 Å². The third kappa shape index (κ3) is 2.33. The van der Waals surface area contributed by atoms with Crippen LogP contribution in [0.1, 0.15) is 56.5 Å². The van der Waals surface area contributed by atoms with Crippen molar-refractivity contribution >= 4 is 11.0 Å². The van der Waals surface area contributed by atoms with Crippen molar-refractivity contribution in [2.24, 2.45) is 11.8 Å². The number of aromatic nitrogens is 4. The van der Waals surface area contributed by atoms with E-state index in [2.05, 4.69) is 24.0 Å². The minimum absolute atomic E-state index is 0.0195. The Labute approximate surface area is 155 Å². The minimum Gasteiger partial charge on any atom is -0.359 e. The Bertz CT molecular complexity index is 1140. The maximum absolute atomic E-state index is 13.4. The average Bonchev–Trinajstić information content (AvgIpc) is 3.14. The lowest BCUT2D eigenvalue weighted by Crippen LogP contribution is -2.44. The predicted octanol–water partition coefficient (Wildman–Crippen LogP) is 2.69. The zero-order chi connectivity index (χ0) is 18.7. The molecule has 3 aromatic heterocycles. The predicted molar refractivity (Wildman–Crippen MR) is 99.8 cm³/mol. The standard InChI is InChI=1S/C20H22N4O3/c1-11-14-5-3-7-17(12(14)2)24-18-15(6-4-8-21-18)19(25)23(20(24)26)10-13-9-16(11)22-27-13/h4,6,8-9,11-12,14,17H,3,5,7,10H2,1-2H3/t11?,12-,14?,17?/m1/s1. The maximum Gasteiger partial charge on any atom is 0.333 e. The van der Waals surface area contributed by atoms with Gasteiger partial charge in [-0.25, -0.2) is 9.78 Å². The molecule has 6 bridgehead atoms. The highest BCUT2D eigenvalue weighted by atomic mass is 16.5. The molecule has 1 aliphatic heterocycles. The van der Waals surface area contributed by atoms with Crippen molar-refractivity contribution in [2.75, 3.05) is 0 Å². The summed E-state index contributed by atoms with van der Waals surface area (Å²) in [5, 5.41) is 4.71. The summed E-state index contributed by atoms with van der Waals surface area (Å²) in [6.45, 7) is 4.48. The van der Waals surface area contributed by atoms with Crippen LogP contribution in [0.3, 0.4) is 0 Å². The van der Waals surface area contributed by atoms with E-state index >= 15 is 0 Å². The molecule has 7 heteroatoms. The molecule has 140 valence electrons. The molecule has 1 aliphatic carbocycles. The number of rotatable bonds is 0. The zero-order valence-corrected chi connectivity index (χ0v) is 15.5. The second-order valence-corrected chi connectivity index (χ2v) is 7.95. The number of hydrogen-bond acceptors (Lipinski definition) is 5. The van der Waals surface area contributed by atoms with Crippen molar-refractivity contribution in [1.29, 1.82) is 0 Å². The van der Waals surface area contributed by atoms with Gasteiger partial charge in [-0.1, -0.05) is 25.4 Å². The SMILES string of the molecule is CC1c2cc(on2)Cn2c(=O)c3cccnc3n(c2=O)C2CCCC1[C@H]2C. The molecule has 27 heavy (non-hydrogen) atoms. The van der Waals surface area contributed by atoms with Crippen LogP contribution >= 0.6 is 0 Å². The summed E-state index contributed by atoms with van der Waals surface area (Å²) in [7, 11) is 0. The molecular weight excluding hydrogens is 344 g/mol. The summed E-state index contributed by atoms with van der Waals surface area (Å²) in [4.78, 5) is 30.8. The Morgan fingerprint density at radius 2 is 2.07 bits per heavy atom. The summed E-state index contributed by atoms with van der Waals surface area (Å²) < 4.78 is 8.51. The van der Waals surface area contributed by atoms with Crippen molar-refractivity contribution in [1.82, 2.24) is 19.3 Å². The molecular formula is C20H22N4O3. The molecule has 7 nitrogen and oxygen atoms in total. The maximum atomic E-state index is 13.4. The highest BCUT2D eigenvalue weighted by molar-refractivity contribution is 5.73. The van der Waals surface area contributed by atoms with E-state index in [1.807, 2.05) is 6.07 Å². The summed E-state index contributed by atoms with van der Waals surface area (Å²) in [5.41, 5.74) is 0.761. The van der Waals surface area contributed by atoms with Crippen LogP contribution in [0.2, 0.25) is 0 Å². The van der Waals surface area contributed by atoms with Gasteiger partial charge < -0.3 is 4.52 Å². The molecule has 3 aromatic rings. The van der Waals surface area contributed by atoms with Gasteiger partial charge >= 0.3 is 5.69 Å². The lowest BCUT2D eigenvalue weighted by Gasteiger charge is -2.39. The monoisotopic (exact) mass is 366 g/mol. The third-order valence-electron chi connectivity index (χ3n) is 6.58. The Hall–Kier alpha value is -2.70. The molecule has 5 rings (SSSR count). The topological polar surface area (TPSA) is 82.9 Å². The number of fused-ring (bicyclic) bond motifs is 9. The van der Waals surface area contributed by atoms with E-state index in [-0.39, 0.29) is 35.7 Å². The second kappa shape index (κ2) is 5.90. The normalized spacial score (nSPS) is 27.3. The first-order chi connectivity index (χ1) is 13.1. The molecule has 0 spiro atoms. The molecule has 2 aliphatic rings. The van der Waals surface area contributed by atoms with Crippen molar-refractivity contribution in [2.45, 2.75) is 51.6 Å². The number of nitrogens with zero attached hydrogens (tertiary/aromatic N) is 4. The number of hydrogen-bond donors (Lipinski definition) is 0. The second-order valence-electron chi connectivity index (χ2n) is 7.95. The van der Waals surface area contributed by atoms with Crippen LogP contribution in [0, 0.1) is 11.8 Å². The largest absolute Gasteiger partial charge is 0.359 e. The van der Waals surface area contributed by atoms with Crippen LogP contribution < -0.4 is 11.2 Å². The Morgan fingerprint density at radius 3 is 2.93 bits per heavy atom. The molecule has 1 fully saturated rings. The van der Waals surface area contributed by atoms with Gasteiger partial charge in [-0.3, -0.25) is 13.9 Å². The summed E-state index contributed by atoms with van der Waals surface area (Å²) >= 11 is 0. The van der Waals surface area contributed by atoms with Crippen LogP contribution in [-0.2, 0) is 6.54 Å². The van der Waals surface area contributed by atoms with Crippen molar-refractivity contribution < 1.29 is 4.52 Å². The van der Waals surface area contributed by atoms with Crippen LogP contribution in [0.4, 0.5) is 0 Å². The van der Waals surface area contributed by atoms with E-state index in [1.54, 1.807) is 22.9 Å². The van der Waals surface area contributed by atoms with Gasteiger partial charge in [0.2, 0.25) is 0 Å². The Kier molecular flexibility index (Phi) is 3.60. The fourth-order valence-electron chi connectivity index (χ4n) is 5.08. The van der Waals surface area contributed by atoms with Crippen LogP contribution in [0.15, 0.2) is 38.5 Å². The quantitative estimate of drug-likeness (QED) is 0.611. The van der Waals surface area contributed by atoms with Gasteiger partial charge in [0.25, 0.3) is 5.56 Å². The van der Waals surface area contributed by atoms with Gasteiger partial charge in [-0.05, 0) is 36.8 Å². The fraction of sp³-hybridized carbons (Fsp3) is 0.500. The van der Waals surface area contributed by atoms with Gasteiger partial charge in [0.15, 0.2) is 5.76 Å². The highest BCUT2D eigenvalue weighted by Gasteiger charge is 2.38. The van der Waals surface area contributed by atoms with E-state index in [9.17, 15) is 9.59 Å². The van der Waals surface area contributed by atoms with Gasteiger partial charge in [-0.2, -0.15) is 0 Å². The molecule has 4 heterocycles. The fourth-order valence-corrected chi connectivity index (χ4v) is 5.08. The van der Waals surface area contributed by atoms with Crippen molar-refractivity contribution in [3.05, 3.63) is 56.7 Å². The van der Waals surface area contributed by atoms with Crippen molar-refractivity contribution in [3.63, 3.8) is 0 Å². The van der Waals surface area contributed by atoms with E-state index in [1.165, 1.54) is 4.57 Å². The first-order valence-electron chi connectivity index (χ1n) is 9.62. The van der Waals surface area contributed by atoms with Gasteiger partial charge in [-0.15, -0.1) is 0 Å². The lowest BCUT2D eigenvalue weighted by atomic mass is 9.70. The first-order valence-corrected chi connectivity index (χ1v) is 9.62. The Morgan fingerprint density at radius 1 is 1.22 bits per heavy atom. The lowest BCUT2D eigenvalue weighted by molar-refractivity contribution is 0.146. The van der Waals surface area contributed by atoms with E-state index in [0.29, 0.717) is 22.7 Å². The molecule has 0 saturated heterocycles. The smallest absolute Gasteiger partial charge is 0.333 e. The molecule has 1 saturated carbocycles. The molecule has 3 unspecified atom stereocenters. The van der Waals surface area contributed by atoms with E-state index in [0.717, 1.165) is 25.0 Å². The first kappa shape index (κ1) is 16.5. The third-order valence-corrected chi connectivity index (χ3v) is 6.58. The molecule has 0 N–H and O–H groups in total. The number of pyridine rings is 1. The summed E-state index contributed by atoms with van der Waals surface area (Å²) in [6.07, 6.45) is 4.70. The van der Waals surface area contributed by atoms with E-state index < -0.39 is 0 Å². The van der Waals surface area contributed by atoms with Crippen molar-refractivity contribution in [3.8, 4) is 0 Å². The molecule has 0 aromatic carbocycles. The molecule has 0 radical (unpaired) electrons. The average molecular weight is 366 g/mol. The van der Waals surface area contributed by atoms with Crippen LogP contribution in [0.5, 0.6) is 0 Å². The molecule has 4 atom stereocenters.